The van der Waals surface area contributed by atoms with Crippen molar-refractivity contribution in [2.24, 2.45) is 5.16 Å². The summed E-state index contributed by atoms with van der Waals surface area (Å²) in [5.74, 6) is -1.18. The Balaban J connectivity index is 1.21. The molecular weight excluding hydrogens is 504 g/mol. The number of rotatable bonds is 9. The van der Waals surface area contributed by atoms with Crippen LogP contribution in [0.1, 0.15) is 42.1 Å². The Labute approximate surface area is 225 Å². The first-order valence-electron chi connectivity index (χ1n) is 13.2. The minimum absolute atomic E-state index is 0.0573. The van der Waals surface area contributed by atoms with Crippen LogP contribution in [0.2, 0.25) is 0 Å². The van der Waals surface area contributed by atoms with Gasteiger partial charge in [0, 0.05) is 17.7 Å². The topological polar surface area (TPSA) is 83.4 Å². The molecule has 39 heavy (non-hydrogen) atoms. The maximum atomic E-state index is 14.7. The Hall–Kier alpha value is -3.82. The molecular formula is C30H29F2N3O4. The predicted octanol–water partition coefficient (Wildman–Crippen LogP) is 4.33. The summed E-state index contributed by atoms with van der Waals surface area (Å²) < 4.78 is 33.6. The standard InChI is InChI=1S/C30H29F2N3O4/c31-22-6-2-18(3-7-22)19-4-10-24-21(14-19)17-38-34-28(24)30(37)33-26(16-35-12-1-13-35)29(36)20-5-11-27(25(32)15-20)39-23-8-9-23/h2-7,10-11,14-15,23,26,29,36H,1,8-9,12-13,16-17H2,(H,33,37). The van der Waals surface area contributed by atoms with Crippen molar-refractivity contribution < 1.29 is 28.3 Å². The van der Waals surface area contributed by atoms with Gasteiger partial charge >= 0.3 is 0 Å². The molecule has 1 saturated heterocycles. The van der Waals surface area contributed by atoms with Gasteiger partial charge in [-0.15, -0.1) is 0 Å². The van der Waals surface area contributed by atoms with Crippen LogP contribution < -0.4 is 10.1 Å². The molecule has 2 fully saturated rings. The number of halogens is 2. The van der Waals surface area contributed by atoms with E-state index in [1.807, 2.05) is 12.1 Å². The van der Waals surface area contributed by atoms with Gasteiger partial charge in [-0.1, -0.05) is 35.5 Å². The van der Waals surface area contributed by atoms with Gasteiger partial charge in [0.25, 0.3) is 5.91 Å². The summed E-state index contributed by atoms with van der Waals surface area (Å²) >= 11 is 0. The number of carbonyl (C=O) groups excluding carboxylic acids is 1. The zero-order valence-electron chi connectivity index (χ0n) is 21.3. The lowest BCUT2D eigenvalue weighted by Gasteiger charge is -2.36. The van der Waals surface area contributed by atoms with E-state index in [-0.39, 0.29) is 30.0 Å². The SMILES string of the molecule is O=C(NC(CN1CCC1)C(O)c1ccc(OC2CC2)c(F)c1)C1=NOCc2cc(-c3ccc(F)cc3)ccc21. The molecule has 6 rings (SSSR count). The number of hydrogen-bond acceptors (Lipinski definition) is 6. The second-order valence-corrected chi connectivity index (χ2v) is 10.3. The lowest BCUT2D eigenvalue weighted by Crippen LogP contribution is -2.52. The number of likely N-dealkylation sites (tertiary alicyclic amines) is 1. The monoisotopic (exact) mass is 533 g/mol. The van der Waals surface area contributed by atoms with E-state index in [1.54, 1.807) is 24.3 Å². The molecule has 2 atom stereocenters. The number of hydrogen-bond donors (Lipinski definition) is 2. The zero-order chi connectivity index (χ0) is 26.9. The van der Waals surface area contributed by atoms with Gasteiger partial charge in [-0.3, -0.25) is 4.79 Å². The predicted molar refractivity (Wildman–Crippen MR) is 141 cm³/mol. The molecule has 2 unspecified atom stereocenters. The van der Waals surface area contributed by atoms with Gasteiger partial charge < -0.3 is 24.9 Å². The molecule has 2 N–H and O–H groups in total. The number of carbonyl (C=O) groups is 1. The van der Waals surface area contributed by atoms with Gasteiger partial charge in [-0.05, 0) is 79.4 Å². The molecule has 2 heterocycles. The fraction of sp³-hybridized carbons (Fsp3) is 0.333. The van der Waals surface area contributed by atoms with Crippen LogP contribution in [0.5, 0.6) is 5.75 Å². The van der Waals surface area contributed by atoms with Crippen molar-refractivity contribution in [1.29, 1.82) is 0 Å². The third kappa shape index (κ3) is 5.65. The van der Waals surface area contributed by atoms with Crippen molar-refractivity contribution in [2.45, 2.75) is 44.1 Å². The van der Waals surface area contributed by atoms with Crippen molar-refractivity contribution in [3.05, 3.63) is 89.0 Å². The van der Waals surface area contributed by atoms with Crippen molar-refractivity contribution in [3.63, 3.8) is 0 Å². The van der Waals surface area contributed by atoms with E-state index < -0.39 is 23.9 Å². The van der Waals surface area contributed by atoms with E-state index >= 15 is 0 Å². The summed E-state index contributed by atoms with van der Waals surface area (Å²) in [4.78, 5) is 20.9. The highest BCUT2D eigenvalue weighted by atomic mass is 19.1. The number of nitrogens with zero attached hydrogens (tertiary/aromatic N) is 2. The molecule has 1 amide bonds. The summed E-state index contributed by atoms with van der Waals surface area (Å²) in [6.07, 6.45) is 1.78. The molecule has 0 spiro atoms. The summed E-state index contributed by atoms with van der Waals surface area (Å²) in [7, 11) is 0. The van der Waals surface area contributed by atoms with Gasteiger partial charge in [0.2, 0.25) is 0 Å². The molecule has 7 nitrogen and oxygen atoms in total. The average Bonchev–Trinajstić information content (AvgIpc) is 3.74. The molecule has 0 bridgehead atoms. The van der Waals surface area contributed by atoms with Crippen molar-refractivity contribution in [3.8, 4) is 16.9 Å². The maximum Gasteiger partial charge on any atom is 0.274 e. The third-order valence-electron chi connectivity index (χ3n) is 7.35. The molecule has 1 saturated carbocycles. The maximum absolute atomic E-state index is 14.7. The number of aliphatic hydroxyl groups is 1. The van der Waals surface area contributed by atoms with Gasteiger partial charge in [0.05, 0.1) is 12.1 Å². The molecule has 0 radical (unpaired) electrons. The van der Waals surface area contributed by atoms with Crippen molar-refractivity contribution in [1.82, 2.24) is 10.2 Å². The molecule has 3 aliphatic rings. The lowest BCUT2D eigenvalue weighted by molar-refractivity contribution is -0.116. The lowest BCUT2D eigenvalue weighted by atomic mass is 9.95. The molecule has 202 valence electrons. The number of amides is 1. The molecule has 1 aliphatic carbocycles. The minimum Gasteiger partial charge on any atom is -0.487 e. The largest absolute Gasteiger partial charge is 0.487 e. The van der Waals surface area contributed by atoms with Gasteiger partial charge in [-0.25, -0.2) is 8.78 Å². The summed E-state index contributed by atoms with van der Waals surface area (Å²) in [5, 5.41) is 18.2. The first kappa shape index (κ1) is 25.5. The number of benzene rings is 3. The number of aliphatic hydroxyl groups excluding tert-OH is 1. The van der Waals surface area contributed by atoms with Crippen molar-refractivity contribution >= 4 is 11.6 Å². The Morgan fingerprint density at radius 2 is 1.85 bits per heavy atom. The van der Waals surface area contributed by atoms with Crippen LogP contribution >= 0.6 is 0 Å². The highest BCUT2D eigenvalue weighted by Crippen LogP contribution is 2.31. The highest BCUT2D eigenvalue weighted by molar-refractivity contribution is 6.45. The zero-order valence-corrected chi connectivity index (χ0v) is 21.3. The Morgan fingerprint density at radius 3 is 2.54 bits per heavy atom. The Morgan fingerprint density at radius 1 is 1.08 bits per heavy atom. The fourth-order valence-electron chi connectivity index (χ4n) is 4.84. The van der Waals surface area contributed by atoms with E-state index in [1.165, 1.54) is 24.3 Å². The van der Waals surface area contributed by atoms with Crippen LogP contribution in [-0.4, -0.2) is 53.4 Å². The minimum atomic E-state index is -1.15. The number of fused-ring (bicyclic) bond motifs is 1. The van der Waals surface area contributed by atoms with E-state index in [0.29, 0.717) is 17.7 Å². The first-order valence-corrected chi connectivity index (χ1v) is 13.2. The summed E-state index contributed by atoms with van der Waals surface area (Å²) in [6, 6.07) is 15.4. The average molecular weight is 534 g/mol. The van der Waals surface area contributed by atoms with Crippen LogP contribution in [0.3, 0.4) is 0 Å². The van der Waals surface area contributed by atoms with Gasteiger partial charge in [0.15, 0.2) is 17.3 Å². The van der Waals surface area contributed by atoms with Crippen LogP contribution in [0.25, 0.3) is 11.1 Å². The second-order valence-electron chi connectivity index (χ2n) is 10.3. The van der Waals surface area contributed by atoms with Gasteiger partial charge in [-0.2, -0.15) is 0 Å². The summed E-state index contributed by atoms with van der Waals surface area (Å²) in [5.41, 5.74) is 3.54. The highest BCUT2D eigenvalue weighted by Gasteiger charge is 2.32. The van der Waals surface area contributed by atoms with Crippen molar-refractivity contribution in [2.75, 3.05) is 19.6 Å². The molecule has 9 heteroatoms. The smallest absolute Gasteiger partial charge is 0.274 e. The van der Waals surface area contributed by atoms with E-state index in [0.717, 1.165) is 49.0 Å². The first-order chi connectivity index (χ1) is 18.9. The van der Waals surface area contributed by atoms with Crippen LogP contribution in [0.4, 0.5) is 8.78 Å². The fourth-order valence-corrected chi connectivity index (χ4v) is 4.84. The Kier molecular flexibility index (Phi) is 7.01. The van der Waals surface area contributed by atoms with Crippen LogP contribution in [-0.2, 0) is 16.2 Å². The van der Waals surface area contributed by atoms with E-state index in [4.69, 9.17) is 9.57 Å². The van der Waals surface area contributed by atoms with E-state index in [2.05, 4.69) is 15.4 Å². The number of oxime groups is 1. The van der Waals surface area contributed by atoms with Crippen LogP contribution in [0.15, 0.2) is 65.8 Å². The van der Waals surface area contributed by atoms with Gasteiger partial charge in [0.1, 0.15) is 18.5 Å². The molecule has 3 aromatic rings. The summed E-state index contributed by atoms with van der Waals surface area (Å²) in [6.45, 7) is 2.32. The van der Waals surface area contributed by atoms with E-state index in [9.17, 15) is 18.7 Å². The second kappa shape index (κ2) is 10.7. The quantitative estimate of drug-likeness (QED) is 0.428. The molecule has 3 aromatic carbocycles. The molecule has 0 aromatic heterocycles. The number of nitrogens with one attached hydrogen (secondary N) is 1. The Bertz CT molecular complexity index is 1400. The normalized spacial score (nSPS) is 18.2. The molecule has 2 aliphatic heterocycles. The number of ether oxygens (including phenoxy) is 1. The van der Waals surface area contributed by atoms with Crippen LogP contribution in [0, 0.1) is 11.6 Å². The third-order valence-corrected chi connectivity index (χ3v) is 7.35.